The lowest BCUT2D eigenvalue weighted by Gasteiger charge is -2.18. The van der Waals surface area contributed by atoms with Crippen LogP contribution in [-0.4, -0.2) is 37.2 Å². The zero-order chi connectivity index (χ0) is 43.7. The first-order chi connectivity index (χ1) is 29.5. The molecule has 1 unspecified atom stereocenters. The van der Waals surface area contributed by atoms with Crippen molar-refractivity contribution in [3.63, 3.8) is 0 Å². The van der Waals surface area contributed by atoms with Crippen LogP contribution in [-0.2, 0) is 28.6 Å². The van der Waals surface area contributed by atoms with Crippen molar-refractivity contribution in [1.82, 2.24) is 0 Å². The lowest BCUT2D eigenvalue weighted by Crippen LogP contribution is -2.30. The Hall–Kier alpha value is -2.89. The molecule has 0 aliphatic rings. The molecule has 1 atom stereocenters. The quantitative estimate of drug-likeness (QED) is 0.0263. The van der Waals surface area contributed by atoms with Crippen molar-refractivity contribution in [2.75, 3.05) is 13.2 Å². The van der Waals surface area contributed by atoms with Gasteiger partial charge < -0.3 is 14.2 Å². The molecule has 0 aliphatic heterocycles. The van der Waals surface area contributed by atoms with Gasteiger partial charge in [0.15, 0.2) is 6.10 Å². The molecule has 6 heteroatoms. The third kappa shape index (κ3) is 46.2. The third-order valence-electron chi connectivity index (χ3n) is 10.8. The third-order valence-corrected chi connectivity index (χ3v) is 10.8. The molecule has 0 spiro atoms. The minimum atomic E-state index is -0.774. The van der Waals surface area contributed by atoms with Crippen LogP contribution in [0.25, 0.3) is 0 Å². The van der Waals surface area contributed by atoms with E-state index in [-0.39, 0.29) is 31.1 Å². The van der Waals surface area contributed by atoms with E-state index in [1.54, 1.807) is 0 Å². The van der Waals surface area contributed by atoms with Gasteiger partial charge in [0, 0.05) is 19.3 Å². The lowest BCUT2D eigenvalue weighted by molar-refractivity contribution is -0.167. The maximum atomic E-state index is 12.7. The standard InChI is InChI=1S/C54H94O6/c1-4-7-10-13-15-17-19-21-23-24-25-26-27-28-29-30-31-33-34-36-38-41-44-47-53(56)59-50-51(49-58-52(55)46-43-40-12-9-6-3)60-54(57)48-45-42-39-37-35-32-22-20-18-16-14-11-8-5-2/h7,10,15,17,20-23,25-26,51H,4-6,8-9,11-14,16,18-19,24,27-50H2,1-3H3/b10-7-,17-15-,22-20-,23-21-,26-25-. The summed E-state index contributed by atoms with van der Waals surface area (Å²) in [4.78, 5) is 37.6. The molecule has 0 bridgehead atoms. The van der Waals surface area contributed by atoms with Gasteiger partial charge in [0.2, 0.25) is 0 Å². The number of allylic oxidation sites excluding steroid dienone is 10. The molecule has 60 heavy (non-hydrogen) atoms. The van der Waals surface area contributed by atoms with Gasteiger partial charge in [0.05, 0.1) is 0 Å². The van der Waals surface area contributed by atoms with Crippen LogP contribution in [0.5, 0.6) is 0 Å². The molecule has 0 aromatic carbocycles. The first kappa shape index (κ1) is 57.1. The number of unbranched alkanes of at least 4 members (excludes halogenated alkanes) is 24. The number of rotatable bonds is 45. The number of carbonyl (C=O) groups excluding carboxylic acids is 3. The highest BCUT2D eigenvalue weighted by Crippen LogP contribution is 2.14. The van der Waals surface area contributed by atoms with E-state index in [2.05, 4.69) is 81.5 Å². The van der Waals surface area contributed by atoms with Crippen molar-refractivity contribution in [3.05, 3.63) is 60.8 Å². The Bertz CT molecular complexity index is 1100. The minimum absolute atomic E-state index is 0.0790. The van der Waals surface area contributed by atoms with E-state index >= 15 is 0 Å². The molecule has 0 saturated carbocycles. The fourth-order valence-electron chi connectivity index (χ4n) is 6.96. The van der Waals surface area contributed by atoms with Crippen LogP contribution in [0.2, 0.25) is 0 Å². The number of ether oxygens (including phenoxy) is 3. The van der Waals surface area contributed by atoms with Crippen LogP contribution in [0.15, 0.2) is 60.8 Å². The highest BCUT2D eigenvalue weighted by Gasteiger charge is 2.19. The zero-order valence-corrected chi connectivity index (χ0v) is 39.5. The van der Waals surface area contributed by atoms with Gasteiger partial charge in [-0.25, -0.2) is 0 Å². The number of hydrogen-bond donors (Lipinski definition) is 0. The topological polar surface area (TPSA) is 78.9 Å². The van der Waals surface area contributed by atoms with E-state index in [0.717, 1.165) is 103 Å². The second kappa shape index (κ2) is 48.8. The Morgan fingerprint density at radius 2 is 0.650 bits per heavy atom. The largest absolute Gasteiger partial charge is 0.462 e. The Morgan fingerprint density at radius 1 is 0.350 bits per heavy atom. The Balaban J connectivity index is 4.13. The van der Waals surface area contributed by atoms with Crippen LogP contribution in [0, 0.1) is 0 Å². The van der Waals surface area contributed by atoms with Gasteiger partial charge in [0.1, 0.15) is 13.2 Å². The molecule has 0 saturated heterocycles. The predicted molar refractivity (Wildman–Crippen MR) is 256 cm³/mol. The van der Waals surface area contributed by atoms with E-state index in [9.17, 15) is 14.4 Å². The van der Waals surface area contributed by atoms with Crippen LogP contribution in [0.3, 0.4) is 0 Å². The molecular weight excluding hydrogens is 745 g/mol. The van der Waals surface area contributed by atoms with Crippen LogP contribution < -0.4 is 0 Å². The summed E-state index contributed by atoms with van der Waals surface area (Å²) in [6.07, 6.45) is 59.6. The van der Waals surface area contributed by atoms with E-state index in [4.69, 9.17) is 14.2 Å². The summed E-state index contributed by atoms with van der Waals surface area (Å²) >= 11 is 0. The summed E-state index contributed by atoms with van der Waals surface area (Å²) in [5.74, 6) is -0.904. The van der Waals surface area contributed by atoms with Gasteiger partial charge in [0.25, 0.3) is 0 Å². The molecule has 0 amide bonds. The second-order valence-corrected chi connectivity index (χ2v) is 16.7. The fourth-order valence-corrected chi connectivity index (χ4v) is 6.96. The van der Waals surface area contributed by atoms with Gasteiger partial charge in [-0.05, 0) is 83.5 Å². The highest BCUT2D eigenvalue weighted by atomic mass is 16.6. The average Bonchev–Trinajstić information content (AvgIpc) is 3.24. The van der Waals surface area contributed by atoms with Crippen molar-refractivity contribution >= 4 is 17.9 Å². The maximum Gasteiger partial charge on any atom is 0.306 e. The molecule has 0 fully saturated rings. The minimum Gasteiger partial charge on any atom is -0.462 e. The van der Waals surface area contributed by atoms with Crippen molar-refractivity contribution in [2.24, 2.45) is 0 Å². The van der Waals surface area contributed by atoms with Gasteiger partial charge in [-0.1, -0.05) is 204 Å². The SMILES string of the molecule is CC/C=C\C/C=C\C/C=C\C/C=C\CCCCCCCCCCCCC(=O)OCC(COC(=O)CCCCCCC)OC(=O)CCCCCCC/C=C\CCCCCCC. The Morgan fingerprint density at radius 3 is 1.03 bits per heavy atom. The molecule has 0 aliphatic carbocycles. The fraction of sp³-hybridized carbons (Fsp3) is 0.759. The first-order valence-corrected chi connectivity index (χ1v) is 25.3. The first-order valence-electron chi connectivity index (χ1n) is 25.3. The maximum absolute atomic E-state index is 12.7. The van der Waals surface area contributed by atoms with Gasteiger partial charge in [-0.2, -0.15) is 0 Å². The lowest BCUT2D eigenvalue weighted by atomic mass is 10.1. The van der Waals surface area contributed by atoms with Gasteiger partial charge >= 0.3 is 17.9 Å². The van der Waals surface area contributed by atoms with Crippen molar-refractivity contribution in [3.8, 4) is 0 Å². The highest BCUT2D eigenvalue weighted by molar-refractivity contribution is 5.71. The summed E-state index contributed by atoms with van der Waals surface area (Å²) in [6, 6.07) is 0. The van der Waals surface area contributed by atoms with Crippen molar-refractivity contribution in [1.29, 1.82) is 0 Å². The number of carbonyl (C=O) groups is 3. The van der Waals surface area contributed by atoms with Gasteiger partial charge in [-0.3, -0.25) is 14.4 Å². The molecule has 0 aromatic rings. The van der Waals surface area contributed by atoms with Crippen molar-refractivity contribution < 1.29 is 28.6 Å². The molecule has 0 rings (SSSR count). The number of esters is 3. The second-order valence-electron chi connectivity index (χ2n) is 16.7. The summed E-state index contributed by atoms with van der Waals surface area (Å²) in [5, 5.41) is 0. The summed E-state index contributed by atoms with van der Waals surface area (Å²) in [7, 11) is 0. The molecular formula is C54H94O6. The Labute approximate surface area is 370 Å². The molecule has 0 N–H and O–H groups in total. The van der Waals surface area contributed by atoms with E-state index in [1.807, 2.05) is 0 Å². The molecule has 6 nitrogen and oxygen atoms in total. The van der Waals surface area contributed by atoms with E-state index in [1.165, 1.54) is 103 Å². The summed E-state index contributed by atoms with van der Waals surface area (Å²) in [5.41, 5.74) is 0. The summed E-state index contributed by atoms with van der Waals surface area (Å²) in [6.45, 7) is 6.42. The van der Waals surface area contributed by atoms with Crippen LogP contribution in [0.1, 0.15) is 245 Å². The summed E-state index contributed by atoms with van der Waals surface area (Å²) < 4.78 is 16.6. The smallest absolute Gasteiger partial charge is 0.306 e. The molecule has 0 aromatic heterocycles. The van der Waals surface area contributed by atoms with E-state index in [0.29, 0.717) is 19.3 Å². The normalized spacial score (nSPS) is 12.5. The monoisotopic (exact) mass is 839 g/mol. The average molecular weight is 839 g/mol. The predicted octanol–water partition coefficient (Wildman–Crippen LogP) is 16.5. The molecule has 0 radical (unpaired) electrons. The van der Waals surface area contributed by atoms with E-state index < -0.39 is 6.10 Å². The van der Waals surface area contributed by atoms with Crippen LogP contribution in [0.4, 0.5) is 0 Å². The van der Waals surface area contributed by atoms with Crippen LogP contribution >= 0.6 is 0 Å². The van der Waals surface area contributed by atoms with Gasteiger partial charge in [-0.15, -0.1) is 0 Å². The molecule has 346 valence electrons. The van der Waals surface area contributed by atoms with Crippen molar-refractivity contribution in [2.45, 2.75) is 252 Å². The number of hydrogen-bond acceptors (Lipinski definition) is 6. The molecule has 0 heterocycles. The Kier molecular flexibility index (Phi) is 46.4. The zero-order valence-electron chi connectivity index (χ0n) is 39.5.